The Balaban J connectivity index is 0. The highest BCUT2D eigenvalue weighted by molar-refractivity contribution is 4.61. The SMILES string of the molecule is CCC(O)C(O)CC.CCCCCC(O)CO. The lowest BCUT2D eigenvalue weighted by molar-refractivity contribution is 0.0157. The molecular formula is C13H30O4. The van der Waals surface area contributed by atoms with E-state index in [2.05, 4.69) is 6.92 Å². The van der Waals surface area contributed by atoms with E-state index >= 15 is 0 Å². The normalized spacial score (nSPS) is 15.7. The highest BCUT2D eigenvalue weighted by Crippen LogP contribution is 2.02. The fourth-order valence-electron chi connectivity index (χ4n) is 1.27. The molecule has 4 N–H and O–H groups in total. The van der Waals surface area contributed by atoms with Gasteiger partial charge < -0.3 is 20.4 Å². The molecule has 0 saturated carbocycles. The van der Waals surface area contributed by atoms with Gasteiger partial charge in [-0.05, 0) is 19.3 Å². The molecule has 17 heavy (non-hydrogen) atoms. The van der Waals surface area contributed by atoms with Crippen molar-refractivity contribution in [3.63, 3.8) is 0 Å². The van der Waals surface area contributed by atoms with Crippen LogP contribution in [0, 0.1) is 0 Å². The monoisotopic (exact) mass is 250 g/mol. The van der Waals surface area contributed by atoms with Crippen LogP contribution in [0.15, 0.2) is 0 Å². The number of unbranched alkanes of at least 4 members (excludes halogenated alkanes) is 2. The van der Waals surface area contributed by atoms with Crippen molar-refractivity contribution in [3.05, 3.63) is 0 Å². The van der Waals surface area contributed by atoms with Gasteiger partial charge in [0.25, 0.3) is 0 Å². The molecule has 0 saturated heterocycles. The average Bonchev–Trinajstić information content (AvgIpc) is 2.37. The molecule has 0 heterocycles. The number of rotatable bonds is 8. The first-order chi connectivity index (χ1) is 8.03. The van der Waals surface area contributed by atoms with Crippen LogP contribution in [0.3, 0.4) is 0 Å². The third-order valence-electron chi connectivity index (χ3n) is 2.63. The van der Waals surface area contributed by atoms with E-state index in [0.717, 1.165) is 25.7 Å². The molecule has 0 aliphatic rings. The fourth-order valence-corrected chi connectivity index (χ4v) is 1.27. The molecule has 4 heteroatoms. The van der Waals surface area contributed by atoms with Gasteiger partial charge in [0.05, 0.1) is 24.9 Å². The van der Waals surface area contributed by atoms with Crippen molar-refractivity contribution in [2.45, 2.75) is 77.6 Å². The molecule has 0 radical (unpaired) electrons. The molecule has 0 aromatic heterocycles. The quantitative estimate of drug-likeness (QED) is 0.492. The van der Waals surface area contributed by atoms with Crippen molar-refractivity contribution in [2.75, 3.05) is 6.61 Å². The van der Waals surface area contributed by atoms with Gasteiger partial charge in [0.2, 0.25) is 0 Å². The summed E-state index contributed by atoms with van der Waals surface area (Å²) in [4.78, 5) is 0. The molecule has 106 valence electrons. The molecule has 0 fully saturated rings. The van der Waals surface area contributed by atoms with Gasteiger partial charge in [-0.25, -0.2) is 0 Å². The van der Waals surface area contributed by atoms with Crippen molar-refractivity contribution in [2.24, 2.45) is 0 Å². The lowest BCUT2D eigenvalue weighted by Gasteiger charge is -2.12. The van der Waals surface area contributed by atoms with E-state index in [4.69, 9.17) is 20.4 Å². The minimum Gasteiger partial charge on any atom is -0.394 e. The Bertz CT molecular complexity index is 133. The maximum atomic E-state index is 8.88. The molecular weight excluding hydrogens is 220 g/mol. The van der Waals surface area contributed by atoms with Crippen LogP contribution in [0.4, 0.5) is 0 Å². The van der Waals surface area contributed by atoms with Gasteiger partial charge in [-0.3, -0.25) is 0 Å². The van der Waals surface area contributed by atoms with E-state index in [-0.39, 0.29) is 6.61 Å². The summed E-state index contributed by atoms with van der Waals surface area (Å²) < 4.78 is 0. The first-order valence-corrected chi connectivity index (χ1v) is 6.68. The van der Waals surface area contributed by atoms with Gasteiger partial charge in [0.15, 0.2) is 0 Å². The Morgan fingerprint density at radius 3 is 1.59 bits per heavy atom. The molecule has 3 unspecified atom stereocenters. The van der Waals surface area contributed by atoms with Crippen LogP contribution in [-0.4, -0.2) is 45.3 Å². The van der Waals surface area contributed by atoms with E-state index in [1.54, 1.807) is 0 Å². The van der Waals surface area contributed by atoms with Crippen LogP contribution < -0.4 is 0 Å². The number of aliphatic hydroxyl groups is 4. The Labute approximate surface area is 105 Å². The van der Waals surface area contributed by atoms with Crippen molar-refractivity contribution in [1.82, 2.24) is 0 Å². The molecule has 0 bridgehead atoms. The second-order valence-electron chi connectivity index (χ2n) is 4.28. The second kappa shape index (κ2) is 13.9. The summed E-state index contributed by atoms with van der Waals surface area (Å²) in [5, 5.41) is 35.0. The molecule has 3 atom stereocenters. The summed E-state index contributed by atoms with van der Waals surface area (Å²) in [7, 11) is 0. The summed E-state index contributed by atoms with van der Waals surface area (Å²) in [5.41, 5.74) is 0. The molecule has 0 aromatic rings. The zero-order chi connectivity index (χ0) is 13.7. The lowest BCUT2D eigenvalue weighted by atomic mass is 10.1. The van der Waals surface area contributed by atoms with E-state index in [1.165, 1.54) is 0 Å². The first-order valence-electron chi connectivity index (χ1n) is 6.68. The van der Waals surface area contributed by atoms with E-state index in [0.29, 0.717) is 12.8 Å². The molecule has 0 spiro atoms. The number of aliphatic hydroxyl groups excluding tert-OH is 4. The predicted octanol–water partition coefficient (Wildman–Crippen LogP) is 1.45. The smallest absolute Gasteiger partial charge is 0.0796 e. The van der Waals surface area contributed by atoms with Gasteiger partial charge in [-0.15, -0.1) is 0 Å². The van der Waals surface area contributed by atoms with Crippen molar-refractivity contribution in [3.8, 4) is 0 Å². The molecule has 4 nitrogen and oxygen atoms in total. The molecule has 0 rings (SSSR count). The zero-order valence-corrected chi connectivity index (χ0v) is 11.5. The van der Waals surface area contributed by atoms with Gasteiger partial charge in [0.1, 0.15) is 0 Å². The van der Waals surface area contributed by atoms with Crippen LogP contribution in [0.25, 0.3) is 0 Å². The Morgan fingerprint density at radius 1 is 0.824 bits per heavy atom. The average molecular weight is 250 g/mol. The van der Waals surface area contributed by atoms with Gasteiger partial charge >= 0.3 is 0 Å². The summed E-state index contributed by atoms with van der Waals surface area (Å²) >= 11 is 0. The summed E-state index contributed by atoms with van der Waals surface area (Å²) in [6.45, 7) is 5.72. The summed E-state index contributed by atoms with van der Waals surface area (Å²) in [6, 6.07) is 0. The fraction of sp³-hybridized carbons (Fsp3) is 1.00. The number of hydrogen-bond donors (Lipinski definition) is 4. The predicted molar refractivity (Wildman–Crippen MR) is 69.8 cm³/mol. The minimum atomic E-state index is -0.528. The molecule has 0 aliphatic heterocycles. The summed E-state index contributed by atoms with van der Waals surface area (Å²) in [6.07, 6.45) is 3.80. The number of hydrogen-bond acceptors (Lipinski definition) is 4. The van der Waals surface area contributed by atoms with Crippen molar-refractivity contribution >= 4 is 0 Å². The largest absolute Gasteiger partial charge is 0.394 e. The first kappa shape index (κ1) is 19.2. The highest BCUT2D eigenvalue weighted by Gasteiger charge is 2.09. The maximum absolute atomic E-state index is 8.88. The van der Waals surface area contributed by atoms with E-state index < -0.39 is 18.3 Å². The van der Waals surface area contributed by atoms with Crippen molar-refractivity contribution < 1.29 is 20.4 Å². The van der Waals surface area contributed by atoms with Crippen LogP contribution in [0.2, 0.25) is 0 Å². The molecule has 0 aliphatic carbocycles. The second-order valence-corrected chi connectivity index (χ2v) is 4.28. The zero-order valence-electron chi connectivity index (χ0n) is 11.5. The third-order valence-corrected chi connectivity index (χ3v) is 2.63. The van der Waals surface area contributed by atoms with Gasteiger partial charge in [-0.1, -0.05) is 40.0 Å². The van der Waals surface area contributed by atoms with Crippen LogP contribution in [0.5, 0.6) is 0 Å². The van der Waals surface area contributed by atoms with Crippen LogP contribution in [-0.2, 0) is 0 Å². The van der Waals surface area contributed by atoms with Gasteiger partial charge in [0, 0.05) is 0 Å². The molecule has 0 amide bonds. The van der Waals surface area contributed by atoms with Gasteiger partial charge in [-0.2, -0.15) is 0 Å². The summed E-state index contributed by atoms with van der Waals surface area (Å²) in [5.74, 6) is 0. The highest BCUT2D eigenvalue weighted by atomic mass is 16.3. The maximum Gasteiger partial charge on any atom is 0.0796 e. The Morgan fingerprint density at radius 2 is 1.29 bits per heavy atom. The van der Waals surface area contributed by atoms with Crippen molar-refractivity contribution in [1.29, 1.82) is 0 Å². The Kier molecular flexibility index (Phi) is 15.7. The van der Waals surface area contributed by atoms with Crippen LogP contribution >= 0.6 is 0 Å². The molecule has 0 aromatic carbocycles. The van der Waals surface area contributed by atoms with Crippen LogP contribution in [0.1, 0.15) is 59.3 Å². The standard InChI is InChI=1S/C7H16O2.C6H14O2/c1-2-3-4-5-7(9)6-8;1-3-5(7)6(8)4-2/h7-9H,2-6H2,1H3;5-8H,3-4H2,1-2H3. The lowest BCUT2D eigenvalue weighted by Crippen LogP contribution is -2.23. The van der Waals surface area contributed by atoms with E-state index in [9.17, 15) is 0 Å². The van der Waals surface area contributed by atoms with E-state index in [1.807, 2.05) is 13.8 Å². The minimum absolute atomic E-state index is 0.0935. The topological polar surface area (TPSA) is 80.9 Å². The Hall–Kier alpha value is -0.160. The third kappa shape index (κ3) is 13.8.